The molecule has 3 heterocycles. The fraction of sp³-hybridized carbons (Fsp3) is 0.533. The molecule has 0 aliphatic carbocycles. The number of imidazole rings is 1. The van der Waals surface area contributed by atoms with Crippen LogP contribution in [0.4, 0.5) is 0 Å². The van der Waals surface area contributed by atoms with Crippen LogP contribution in [-0.2, 0) is 6.54 Å². The molecule has 1 aliphatic rings. The third-order valence-corrected chi connectivity index (χ3v) is 4.41. The molecule has 0 aromatic carbocycles. The number of nitrogens with zero attached hydrogens (tertiary/aromatic N) is 3. The van der Waals surface area contributed by atoms with E-state index in [2.05, 4.69) is 29.9 Å². The van der Waals surface area contributed by atoms with Gasteiger partial charge in [0.25, 0.3) is 0 Å². The molecule has 2 aromatic heterocycles. The van der Waals surface area contributed by atoms with E-state index in [1.165, 1.54) is 19.3 Å². The van der Waals surface area contributed by atoms with Crippen molar-refractivity contribution in [3.8, 4) is 0 Å². The van der Waals surface area contributed by atoms with Gasteiger partial charge in [-0.1, -0.05) is 18.0 Å². The van der Waals surface area contributed by atoms with Crippen molar-refractivity contribution in [1.82, 2.24) is 14.3 Å². The third kappa shape index (κ3) is 2.63. The summed E-state index contributed by atoms with van der Waals surface area (Å²) < 4.78 is 2.01. The SMILES string of the molecule is CC1CCCC(C)N1Cc1cn2cc(Cl)ccc2n1. The number of hydrogen-bond acceptors (Lipinski definition) is 2. The Kier molecular flexibility index (Phi) is 3.50. The predicted octanol–water partition coefficient (Wildman–Crippen LogP) is 3.75. The van der Waals surface area contributed by atoms with E-state index >= 15 is 0 Å². The van der Waals surface area contributed by atoms with E-state index in [4.69, 9.17) is 11.6 Å². The lowest BCUT2D eigenvalue weighted by Gasteiger charge is -2.38. The number of aromatic nitrogens is 2. The molecule has 2 atom stereocenters. The van der Waals surface area contributed by atoms with Gasteiger partial charge < -0.3 is 4.40 Å². The molecule has 1 fully saturated rings. The topological polar surface area (TPSA) is 20.5 Å². The zero-order valence-corrected chi connectivity index (χ0v) is 12.3. The molecule has 0 amide bonds. The highest BCUT2D eigenvalue weighted by molar-refractivity contribution is 6.30. The van der Waals surface area contributed by atoms with Gasteiger partial charge in [-0.05, 0) is 38.8 Å². The first-order valence-corrected chi connectivity index (χ1v) is 7.40. The Hall–Kier alpha value is -1.06. The van der Waals surface area contributed by atoms with Crippen LogP contribution in [0.25, 0.3) is 5.65 Å². The molecule has 0 bridgehead atoms. The van der Waals surface area contributed by atoms with Crippen molar-refractivity contribution >= 4 is 17.2 Å². The molecule has 0 N–H and O–H groups in total. The summed E-state index contributed by atoms with van der Waals surface area (Å²) in [4.78, 5) is 7.24. The average molecular weight is 278 g/mol. The summed E-state index contributed by atoms with van der Waals surface area (Å²) in [5, 5.41) is 0.746. The molecule has 2 unspecified atom stereocenters. The van der Waals surface area contributed by atoms with Gasteiger partial charge in [0.1, 0.15) is 5.65 Å². The minimum atomic E-state index is 0.650. The van der Waals surface area contributed by atoms with Crippen molar-refractivity contribution < 1.29 is 0 Å². The lowest BCUT2D eigenvalue weighted by atomic mass is 9.97. The van der Waals surface area contributed by atoms with Crippen LogP contribution in [0.3, 0.4) is 0 Å². The third-order valence-electron chi connectivity index (χ3n) is 4.19. The molecule has 0 spiro atoms. The monoisotopic (exact) mass is 277 g/mol. The standard InChI is InChI=1S/C15H20ClN3/c1-11-4-3-5-12(2)19(11)10-14-9-18-8-13(16)6-7-15(18)17-14/h6-9,11-12H,3-5,10H2,1-2H3. The number of pyridine rings is 1. The van der Waals surface area contributed by atoms with E-state index in [0.29, 0.717) is 12.1 Å². The van der Waals surface area contributed by atoms with Crippen molar-refractivity contribution in [2.45, 2.75) is 51.7 Å². The summed E-state index contributed by atoms with van der Waals surface area (Å²) >= 11 is 6.01. The van der Waals surface area contributed by atoms with Crippen LogP contribution in [-0.4, -0.2) is 26.4 Å². The first-order valence-electron chi connectivity index (χ1n) is 7.02. The number of halogens is 1. The molecular formula is C15H20ClN3. The largest absolute Gasteiger partial charge is 0.305 e. The summed E-state index contributed by atoms with van der Waals surface area (Å²) in [7, 11) is 0. The second kappa shape index (κ2) is 5.14. The fourth-order valence-corrected chi connectivity index (χ4v) is 3.23. The Labute approximate surface area is 119 Å². The summed E-state index contributed by atoms with van der Waals surface area (Å²) in [6.45, 7) is 5.58. The molecule has 1 aliphatic heterocycles. The number of rotatable bonds is 2. The maximum Gasteiger partial charge on any atom is 0.137 e. The van der Waals surface area contributed by atoms with Crippen molar-refractivity contribution in [2.24, 2.45) is 0 Å². The molecule has 2 aromatic rings. The van der Waals surface area contributed by atoms with E-state index in [-0.39, 0.29) is 0 Å². The van der Waals surface area contributed by atoms with Crippen LogP contribution in [0.15, 0.2) is 24.5 Å². The van der Waals surface area contributed by atoms with Gasteiger partial charge in [-0.3, -0.25) is 4.90 Å². The van der Waals surface area contributed by atoms with E-state index in [0.717, 1.165) is 22.9 Å². The van der Waals surface area contributed by atoms with Gasteiger partial charge in [-0.2, -0.15) is 0 Å². The van der Waals surface area contributed by atoms with Crippen molar-refractivity contribution in [2.75, 3.05) is 0 Å². The van der Waals surface area contributed by atoms with Crippen LogP contribution in [0.1, 0.15) is 38.8 Å². The quantitative estimate of drug-likeness (QED) is 0.833. The second-order valence-electron chi connectivity index (χ2n) is 5.65. The summed E-state index contributed by atoms with van der Waals surface area (Å²) in [6.07, 6.45) is 7.94. The molecule has 1 saturated heterocycles. The smallest absolute Gasteiger partial charge is 0.137 e. The number of fused-ring (bicyclic) bond motifs is 1. The van der Waals surface area contributed by atoms with Crippen LogP contribution >= 0.6 is 11.6 Å². The van der Waals surface area contributed by atoms with Crippen LogP contribution < -0.4 is 0 Å². The van der Waals surface area contributed by atoms with Gasteiger partial charge in [0.2, 0.25) is 0 Å². The van der Waals surface area contributed by atoms with Crippen molar-refractivity contribution in [1.29, 1.82) is 0 Å². The number of likely N-dealkylation sites (tertiary alicyclic amines) is 1. The zero-order chi connectivity index (χ0) is 13.4. The van der Waals surface area contributed by atoms with E-state index in [1.54, 1.807) is 0 Å². The van der Waals surface area contributed by atoms with Gasteiger partial charge >= 0.3 is 0 Å². The lowest BCUT2D eigenvalue weighted by Crippen LogP contribution is -2.43. The highest BCUT2D eigenvalue weighted by atomic mass is 35.5. The lowest BCUT2D eigenvalue weighted by molar-refractivity contribution is 0.0940. The van der Waals surface area contributed by atoms with Gasteiger partial charge in [0.15, 0.2) is 0 Å². The minimum absolute atomic E-state index is 0.650. The van der Waals surface area contributed by atoms with Crippen LogP contribution in [0.5, 0.6) is 0 Å². The van der Waals surface area contributed by atoms with Crippen LogP contribution in [0.2, 0.25) is 5.02 Å². The van der Waals surface area contributed by atoms with Crippen molar-refractivity contribution in [3.63, 3.8) is 0 Å². The molecule has 4 heteroatoms. The van der Waals surface area contributed by atoms with E-state index in [9.17, 15) is 0 Å². The van der Waals surface area contributed by atoms with E-state index in [1.807, 2.05) is 22.7 Å². The predicted molar refractivity (Wildman–Crippen MR) is 78.5 cm³/mol. The molecule has 102 valence electrons. The minimum Gasteiger partial charge on any atom is -0.305 e. The van der Waals surface area contributed by atoms with Gasteiger partial charge in [-0.15, -0.1) is 0 Å². The fourth-order valence-electron chi connectivity index (χ4n) is 3.07. The first-order chi connectivity index (χ1) is 9.13. The summed E-state index contributed by atoms with van der Waals surface area (Å²) in [6, 6.07) is 5.16. The molecule has 3 rings (SSSR count). The number of hydrogen-bond donors (Lipinski definition) is 0. The van der Waals surface area contributed by atoms with Crippen molar-refractivity contribution in [3.05, 3.63) is 35.2 Å². The molecule has 19 heavy (non-hydrogen) atoms. The Morgan fingerprint density at radius 3 is 2.68 bits per heavy atom. The Morgan fingerprint density at radius 2 is 1.95 bits per heavy atom. The first kappa shape index (κ1) is 12.9. The Bertz CT molecular complexity index is 568. The molecule has 3 nitrogen and oxygen atoms in total. The van der Waals surface area contributed by atoms with Crippen LogP contribution in [0, 0.1) is 0 Å². The zero-order valence-electron chi connectivity index (χ0n) is 11.5. The van der Waals surface area contributed by atoms with Gasteiger partial charge in [0.05, 0.1) is 10.7 Å². The highest BCUT2D eigenvalue weighted by Crippen LogP contribution is 2.24. The summed E-state index contributed by atoms with van der Waals surface area (Å²) in [5.74, 6) is 0. The Morgan fingerprint density at radius 1 is 1.21 bits per heavy atom. The highest BCUT2D eigenvalue weighted by Gasteiger charge is 2.25. The maximum absolute atomic E-state index is 6.01. The number of piperidine rings is 1. The molecular weight excluding hydrogens is 258 g/mol. The summed E-state index contributed by atoms with van der Waals surface area (Å²) in [5.41, 5.74) is 2.10. The van der Waals surface area contributed by atoms with Gasteiger partial charge in [-0.25, -0.2) is 4.98 Å². The average Bonchev–Trinajstić information content (AvgIpc) is 2.75. The Balaban J connectivity index is 1.84. The molecule has 0 saturated carbocycles. The second-order valence-corrected chi connectivity index (χ2v) is 6.08. The molecule has 0 radical (unpaired) electrons. The van der Waals surface area contributed by atoms with E-state index < -0.39 is 0 Å². The van der Waals surface area contributed by atoms with Gasteiger partial charge in [0, 0.05) is 31.0 Å². The maximum atomic E-state index is 6.01. The normalized spacial score (nSPS) is 25.0.